The first kappa shape index (κ1) is 17.4. The minimum atomic E-state index is -3.11. The van der Waals surface area contributed by atoms with Crippen LogP contribution in [0, 0.1) is 0 Å². The van der Waals surface area contributed by atoms with Gasteiger partial charge in [0.15, 0.2) is 9.84 Å². The number of hydrogen-bond acceptors (Lipinski definition) is 3. The maximum atomic E-state index is 11.3. The molecule has 1 rings (SSSR count). The van der Waals surface area contributed by atoms with E-state index in [1.54, 1.807) is 12.1 Å². The molecule has 0 saturated heterocycles. The van der Waals surface area contributed by atoms with Gasteiger partial charge in [0.2, 0.25) is 0 Å². The van der Waals surface area contributed by atoms with Gasteiger partial charge in [0.05, 0.1) is 4.90 Å². The SMILES string of the molecule is CCCCC[C@@H](N)c1ccc(S(C)(=O)=O)cc1.Cl. The first-order valence-electron chi connectivity index (χ1n) is 6.00. The van der Waals surface area contributed by atoms with Gasteiger partial charge in [-0.1, -0.05) is 38.3 Å². The first-order valence-corrected chi connectivity index (χ1v) is 7.90. The zero-order valence-corrected chi connectivity index (χ0v) is 12.6. The van der Waals surface area contributed by atoms with Gasteiger partial charge in [-0.25, -0.2) is 8.42 Å². The maximum Gasteiger partial charge on any atom is 0.175 e. The standard InChI is InChI=1S/C13H21NO2S.ClH/c1-3-4-5-6-13(14)11-7-9-12(10-8-11)17(2,15)16;/h7-10,13H,3-6,14H2,1-2H3;1H/t13-;/m1./s1. The van der Waals surface area contributed by atoms with Crippen molar-refractivity contribution in [1.29, 1.82) is 0 Å². The van der Waals surface area contributed by atoms with Crippen molar-refractivity contribution < 1.29 is 8.42 Å². The molecule has 3 nitrogen and oxygen atoms in total. The van der Waals surface area contributed by atoms with Gasteiger partial charge in [-0.05, 0) is 24.1 Å². The van der Waals surface area contributed by atoms with Crippen LogP contribution in [0.5, 0.6) is 0 Å². The van der Waals surface area contributed by atoms with Gasteiger partial charge in [0.25, 0.3) is 0 Å². The van der Waals surface area contributed by atoms with Gasteiger partial charge in [-0.15, -0.1) is 12.4 Å². The highest BCUT2D eigenvalue weighted by Crippen LogP contribution is 2.19. The molecule has 0 aliphatic carbocycles. The smallest absolute Gasteiger partial charge is 0.175 e. The van der Waals surface area contributed by atoms with E-state index < -0.39 is 9.84 Å². The molecule has 2 N–H and O–H groups in total. The Balaban J connectivity index is 0.00000289. The second kappa shape index (κ2) is 7.77. The fourth-order valence-electron chi connectivity index (χ4n) is 1.74. The van der Waals surface area contributed by atoms with Crippen molar-refractivity contribution in [2.24, 2.45) is 5.73 Å². The molecule has 5 heteroatoms. The predicted octanol–water partition coefficient (Wildman–Crippen LogP) is 3.09. The van der Waals surface area contributed by atoms with Crippen LogP contribution >= 0.6 is 12.4 Å². The Bertz CT molecular complexity index is 443. The molecule has 104 valence electrons. The van der Waals surface area contributed by atoms with Crippen LogP contribution in [0.2, 0.25) is 0 Å². The number of sulfone groups is 1. The van der Waals surface area contributed by atoms with E-state index in [1.165, 1.54) is 19.1 Å². The molecular formula is C13H22ClNO2S. The largest absolute Gasteiger partial charge is 0.324 e. The molecule has 0 amide bonds. The van der Waals surface area contributed by atoms with Gasteiger partial charge in [-0.3, -0.25) is 0 Å². The van der Waals surface area contributed by atoms with Gasteiger partial charge in [0.1, 0.15) is 0 Å². The molecule has 0 spiro atoms. The Labute approximate surface area is 116 Å². The van der Waals surface area contributed by atoms with E-state index in [1.807, 2.05) is 12.1 Å². The lowest BCUT2D eigenvalue weighted by atomic mass is 10.0. The molecule has 0 aliphatic heterocycles. The summed E-state index contributed by atoms with van der Waals surface area (Å²) in [6.45, 7) is 2.16. The van der Waals surface area contributed by atoms with Crippen LogP contribution in [0.15, 0.2) is 29.2 Å². The van der Waals surface area contributed by atoms with E-state index in [9.17, 15) is 8.42 Å². The molecular weight excluding hydrogens is 270 g/mol. The quantitative estimate of drug-likeness (QED) is 0.819. The average Bonchev–Trinajstić information content (AvgIpc) is 2.28. The van der Waals surface area contributed by atoms with Crippen LogP contribution in [0.25, 0.3) is 0 Å². The minimum Gasteiger partial charge on any atom is -0.324 e. The van der Waals surface area contributed by atoms with Gasteiger partial charge in [0, 0.05) is 12.3 Å². The zero-order valence-electron chi connectivity index (χ0n) is 10.9. The second-order valence-electron chi connectivity index (χ2n) is 4.44. The lowest BCUT2D eigenvalue weighted by Gasteiger charge is -2.12. The Morgan fingerprint density at radius 3 is 2.17 bits per heavy atom. The summed E-state index contributed by atoms with van der Waals surface area (Å²) < 4.78 is 22.6. The first-order chi connectivity index (χ1) is 7.95. The number of nitrogens with two attached hydrogens (primary N) is 1. The van der Waals surface area contributed by atoms with Gasteiger partial charge >= 0.3 is 0 Å². The highest BCUT2D eigenvalue weighted by Gasteiger charge is 2.09. The molecule has 18 heavy (non-hydrogen) atoms. The van der Waals surface area contributed by atoms with E-state index >= 15 is 0 Å². The summed E-state index contributed by atoms with van der Waals surface area (Å²) in [6, 6.07) is 6.89. The lowest BCUT2D eigenvalue weighted by Crippen LogP contribution is -2.10. The highest BCUT2D eigenvalue weighted by atomic mass is 35.5. The van der Waals surface area contributed by atoms with E-state index in [0.717, 1.165) is 18.4 Å². The van der Waals surface area contributed by atoms with Crippen LogP contribution in [-0.2, 0) is 9.84 Å². The lowest BCUT2D eigenvalue weighted by molar-refractivity contribution is 0.580. The van der Waals surface area contributed by atoms with Crippen molar-refractivity contribution in [3.05, 3.63) is 29.8 Å². The highest BCUT2D eigenvalue weighted by molar-refractivity contribution is 7.90. The molecule has 0 bridgehead atoms. The van der Waals surface area contributed by atoms with Crippen LogP contribution in [0.4, 0.5) is 0 Å². The predicted molar refractivity (Wildman–Crippen MR) is 77.9 cm³/mol. The third-order valence-corrected chi connectivity index (χ3v) is 3.98. The third-order valence-electron chi connectivity index (χ3n) is 2.86. The van der Waals surface area contributed by atoms with E-state index in [4.69, 9.17) is 5.73 Å². The molecule has 0 saturated carbocycles. The monoisotopic (exact) mass is 291 g/mol. The Morgan fingerprint density at radius 2 is 1.72 bits per heavy atom. The fourth-order valence-corrected chi connectivity index (χ4v) is 2.37. The number of rotatable bonds is 6. The average molecular weight is 292 g/mol. The Hall–Kier alpha value is -0.580. The second-order valence-corrected chi connectivity index (χ2v) is 6.46. The van der Waals surface area contributed by atoms with Gasteiger partial charge < -0.3 is 5.73 Å². The molecule has 0 unspecified atom stereocenters. The normalized spacial score (nSPS) is 12.8. The molecule has 0 radical (unpaired) electrons. The molecule has 1 aromatic carbocycles. The van der Waals surface area contributed by atoms with Crippen molar-refractivity contribution >= 4 is 22.2 Å². The molecule has 0 fully saturated rings. The number of unbranched alkanes of at least 4 members (excludes halogenated alkanes) is 2. The Kier molecular flexibility index (Phi) is 7.52. The summed E-state index contributed by atoms with van der Waals surface area (Å²) in [5.41, 5.74) is 7.05. The van der Waals surface area contributed by atoms with E-state index in [0.29, 0.717) is 4.90 Å². The molecule has 1 aromatic rings. The van der Waals surface area contributed by atoms with Crippen LogP contribution in [-0.4, -0.2) is 14.7 Å². The summed E-state index contributed by atoms with van der Waals surface area (Å²) in [6.07, 6.45) is 5.65. The Morgan fingerprint density at radius 1 is 1.17 bits per heavy atom. The van der Waals surface area contributed by atoms with Crippen molar-refractivity contribution in [3.8, 4) is 0 Å². The molecule has 1 atom stereocenters. The summed E-state index contributed by atoms with van der Waals surface area (Å²) in [5, 5.41) is 0. The molecule has 0 heterocycles. The zero-order chi connectivity index (χ0) is 12.9. The summed E-state index contributed by atoms with van der Waals surface area (Å²) in [4.78, 5) is 0.349. The van der Waals surface area contributed by atoms with Crippen molar-refractivity contribution in [1.82, 2.24) is 0 Å². The van der Waals surface area contributed by atoms with E-state index in [-0.39, 0.29) is 18.4 Å². The van der Waals surface area contributed by atoms with Crippen molar-refractivity contribution in [2.75, 3.05) is 6.26 Å². The summed E-state index contributed by atoms with van der Waals surface area (Å²) >= 11 is 0. The van der Waals surface area contributed by atoms with Crippen LogP contribution < -0.4 is 5.73 Å². The van der Waals surface area contributed by atoms with Crippen molar-refractivity contribution in [2.45, 2.75) is 43.5 Å². The topological polar surface area (TPSA) is 60.2 Å². The van der Waals surface area contributed by atoms with Crippen molar-refractivity contribution in [3.63, 3.8) is 0 Å². The summed E-state index contributed by atoms with van der Waals surface area (Å²) in [5.74, 6) is 0. The molecule has 0 aromatic heterocycles. The van der Waals surface area contributed by atoms with Gasteiger partial charge in [-0.2, -0.15) is 0 Å². The van der Waals surface area contributed by atoms with Crippen LogP contribution in [0.3, 0.4) is 0 Å². The number of benzene rings is 1. The third kappa shape index (κ3) is 5.38. The maximum absolute atomic E-state index is 11.3. The fraction of sp³-hybridized carbons (Fsp3) is 0.538. The van der Waals surface area contributed by atoms with E-state index in [2.05, 4.69) is 6.92 Å². The minimum absolute atomic E-state index is 0. The number of halogens is 1. The summed E-state index contributed by atoms with van der Waals surface area (Å²) in [7, 11) is -3.11. The number of hydrogen-bond donors (Lipinski definition) is 1. The molecule has 0 aliphatic rings. The van der Waals surface area contributed by atoms with Crippen LogP contribution in [0.1, 0.15) is 44.2 Å².